The number of carbonyl (C=O) groups excluding carboxylic acids is 1. The van der Waals surface area contributed by atoms with Crippen molar-refractivity contribution in [1.82, 2.24) is 19.4 Å². The van der Waals surface area contributed by atoms with E-state index in [4.69, 9.17) is 0 Å². The molecule has 2 aromatic heterocycles. The molecule has 0 radical (unpaired) electrons. The van der Waals surface area contributed by atoms with Crippen LogP contribution in [0.3, 0.4) is 0 Å². The standard InChI is InChI=1S/C19H22N4O/c1-15(5-8-17-4-3-12-22(17)2)21-19(24)16-6-9-18(10-7-16)23-13-11-20-14-23/h3-4,6-7,9-15H,5,8H2,1-2H3,(H,21,24)/t15-/m1/s1. The van der Waals surface area contributed by atoms with E-state index in [-0.39, 0.29) is 11.9 Å². The van der Waals surface area contributed by atoms with Gasteiger partial charge in [0.25, 0.3) is 5.91 Å². The second-order valence-corrected chi connectivity index (χ2v) is 6.04. The van der Waals surface area contributed by atoms with Crippen molar-refractivity contribution >= 4 is 5.91 Å². The topological polar surface area (TPSA) is 51.9 Å². The SMILES string of the molecule is C[C@H](CCc1cccn1C)NC(=O)c1ccc(-n2ccnc2)cc1. The lowest BCUT2D eigenvalue weighted by atomic mass is 10.1. The summed E-state index contributed by atoms with van der Waals surface area (Å²) >= 11 is 0. The monoisotopic (exact) mass is 322 g/mol. The third-order valence-electron chi connectivity index (χ3n) is 4.19. The molecule has 1 atom stereocenters. The van der Waals surface area contributed by atoms with Crippen LogP contribution >= 0.6 is 0 Å². The predicted molar refractivity (Wildman–Crippen MR) is 94.2 cm³/mol. The summed E-state index contributed by atoms with van der Waals surface area (Å²) in [6, 6.07) is 11.8. The van der Waals surface area contributed by atoms with E-state index < -0.39 is 0 Å². The Labute approximate surface area is 142 Å². The van der Waals surface area contributed by atoms with Gasteiger partial charge >= 0.3 is 0 Å². The van der Waals surface area contributed by atoms with Gasteiger partial charge in [-0.15, -0.1) is 0 Å². The summed E-state index contributed by atoms with van der Waals surface area (Å²) in [5, 5.41) is 3.06. The lowest BCUT2D eigenvalue weighted by Crippen LogP contribution is -2.33. The van der Waals surface area contributed by atoms with Gasteiger partial charge in [0, 0.05) is 48.6 Å². The summed E-state index contributed by atoms with van der Waals surface area (Å²) < 4.78 is 4.02. The van der Waals surface area contributed by atoms with Crippen molar-refractivity contribution in [3.8, 4) is 5.69 Å². The number of rotatable bonds is 6. The van der Waals surface area contributed by atoms with Gasteiger partial charge in [0.1, 0.15) is 0 Å². The first-order chi connectivity index (χ1) is 11.6. The Morgan fingerprint density at radius 1 is 1.21 bits per heavy atom. The quantitative estimate of drug-likeness (QED) is 0.758. The molecule has 1 N–H and O–H groups in total. The molecule has 0 bridgehead atoms. The Morgan fingerprint density at radius 3 is 2.62 bits per heavy atom. The molecule has 124 valence electrons. The molecule has 0 fully saturated rings. The van der Waals surface area contributed by atoms with E-state index in [9.17, 15) is 4.79 Å². The van der Waals surface area contributed by atoms with Crippen LogP contribution in [0.5, 0.6) is 0 Å². The number of imidazole rings is 1. The van der Waals surface area contributed by atoms with Crippen molar-refractivity contribution in [3.63, 3.8) is 0 Å². The highest BCUT2D eigenvalue weighted by Gasteiger charge is 2.10. The summed E-state index contributed by atoms with van der Waals surface area (Å²) in [7, 11) is 2.04. The van der Waals surface area contributed by atoms with Gasteiger partial charge in [-0.3, -0.25) is 4.79 Å². The molecule has 0 aliphatic rings. The van der Waals surface area contributed by atoms with E-state index in [2.05, 4.69) is 20.9 Å². The highest BCUT2D eigenvalue weighted by atomic mass is 16.1. The van der Waals surface area contributed by atoms with Crippen LogP contribution in [0.2, 0.25) is 0 Å². The molecule has 0 aliphatic heterocycles. The molecule has 0 saturated heterocycles. The molecular formula is C19H22N4O. The molecule has 0 saturated carbocycles. The van der Waals surface area contributed by atoms with Crippen molar-refractivity contribution in [2.24, 2.45) is 7.05 Å². The zero-order chi connectivity index (χ0) is 16.9. The van der Waals surface area contributed by atoms with Crippen molar-refractivity contribution in [2.45, 2.75) is 25.8 Å². The molecule has 0 aliphatic carbocycles. The van der Waals surface area contributed by atoms with E-state index in [1.807, 2.05) is 61.3 Å². The number of nitrogens with one attached hydrogen (secondary N) is 1. The van der Waals surface area contributed by atoms with Gasteiger partial charge in [0.2, 0.25) is 0 Å². The summed E-state index contributed by atoms with van der Waals surface area (Å²) in [5.74, 6) is -0.0356. The third-order valence-corrected chi connectivity index (χ3v) is 4.19. The minimum atomic E-state index is -0.0356. The fourth-order valence-electron chi connectivity index (χ4n) is 2.70. The van der Waals surface area contributed by atoms with Crippen LogP contribution in [-0.2, 0) is 13.5 Å². The largest absolute Gasteiger partial charge is 0.354 e. The van der Waals surface area contributed by atoms with Crippen LogP contribution in [0.4, 0.5) is 0 Å². The van der Waals surface area contributed by atoms with Crippen LogP contribution in [-0.4, -0.2) is 26.1 Å². The van der Waals surface area contributed by atoms with E-state index in [1.54, 1.807) is 12.5 Å². The number of benzene rings is 1. The van der Waals surface area contributed by atoms with Gasteiger partial charge in [-0.05, 0) is 56.2 Å². The van der Waals surface area contributed by atoms with Crippen molar-refractivity contribution < 1.29 is 4.79 Å². The highest BCUT2D eigenvalue weighted by Crippen LogP contribution is 2.10. The molecule has 0 unspecified atom stereocenters. The van der Waals surface area contributed by atoms with Crippen LogP contribution in [0.25, 0.3) is 5.69 Å². The number of aryl methyl sites for hydroxylation is 2. The summed E-state index contributed by atoms with van der Waals surface area (Å²) in [6.45, 7) is 2.04. The maximum Gasteiger partial charge on any atom is 0.251 e. The fraction of sp³-hybridized carbons (Fsp3) is 0.263. The van der Waals surface area contributed by atoms with Crippen LogP contribution in [0, 0.1) is 0 Å². The second-order valence-electron chi connectivity index (χ2n) is 6.04. The minimum Gasteiger partial charge on any atom is -0.354 e. The Hall–Kier alpha value is -2.82. The molecule has 1 amide bonds. The molecular weight excluding hydrogens is 300 g/mol. The van der Waals surface area contributed by atoms with Crippen LogP contribution in [0.1, 0.15) is 29.4 Å². The van der Waals surface area contributed by atoms with E-state index in [0.717, 1.165) is 18.5 Å². The van der Waals surface area contributed by atoms with E-state index in [0.29, 0.717) is 5.56 Å². The first-order valence-corrected chi connectivity index (χ1v) is 8.13. The average molecular weight is 322 g/mol. The van der Waals surface area contributed by atoms with Crippen molar-refractivity contribution in [3.05, 3.63) is 72.6 Å². The van der Waals surface area contributed by atoms with Gasteiger partial charge in [-0.1, -0.05) is 0 Å². The summed E-state index contributed by atoms with van der Waals surface area (Å²) in [4.78, 5) is 16.4. The molecule has 5 nitrogen and oxygen atoms in total. The lowest BCUT2D eigenvalue weighted by Gasteiger charge is -2.14. The number of amides is 1. The molecule has 3 aromatic rings. The number of aromatic nitrogens is 3. The third kappa shape index (κ3) is 3.74. The van der Waals surface area contributed by atoms with Crippen molar-refractivity contribution in [2.75, 3.05) is 0 Å². The Balaban J connectivity index is 1.55. The minimum absolute atomic E-state index is 0.0356. The molecule has 24 heavy (non-hydrogen) atoms. The lowest BCUT2D eigenvalue weighted by molar-refractivity contribution is 0.0938. The first-order valence-electron chi connectivity index (χ1n) is 8.13. The van der Waals surface area contributed by atoms with E-state index in [1.165, 1.54) is 5.69 Å². The maximum atomic E-state index is 12.3. The van der Waals surface area contributed by atoms with Gasteiger partial charge in [-0.2, -0.15) is 0 Å². The summed E-state index contributed by atoms with van der Waals surface area (Å²) in [6.07, 6.45) is 9.25. The number of hydrogen-bond acceptors (Lipinski definition) is 2. The summed E-state index contributed by atoms with van der Waals surface area (Å²) in [5.41, 5.74) is 2.94. The van der Waals surface area contributed by atoms with Crippen LogP contribution in [0.15, 0.2) is 61.3 Å². The fourth-order valence-corrected chi connectivity index (χ4v) is 2.70. The van der Waals surface area contributed by atoms with Crippen molar-refractivity contribution in [1.29, 1.82) is 0 Å². The molecule has 1 aromatic carbocycles. The van der Waals surface area contributed by atoms with Gasteiger partial charge in [-0.25, -0.2) is 4.98 Å². The van der Waals surface area contributed by atoms with E-state index >= 15 is 0 Å². The maximum absolute atomic E-state index is 12.3. The number of hydrogen-bond donors (Lipinski definition) is 1. The van der Waals surface area contributed by atoms with Gasteiger partial charge in [0.05, 0.1) is 6.33 Å². The normalized spacial score (nSPS) is 12.1. The molecule has 5 heteroatoms. The first kappa shape index (κ1) is 16.1. The number of nitrogens with zero attached hydrogens (tertiary/aromatic N) is 3. The zero-order valence-corrected chi connectivity index (χ0v) is 14.0. The molecule has 2 heterocycles. The highest BCUT2D eigenvalue weighted by molar-refractivity contribution is 5.94. The molecule has 0 spiro atoms. The number of carbonyl (C=O) groups is 1. The zero-order valence-electron chi connectivity index (χ0n) is 14.0. The Kier molecular flexibility index (Phi) is 4.79. The van der Waals surface area contributed by atoms with Crippen LogP contribution < -0.4 is 5.32 Å². The Bertz CT molecular complexity index is 787. The predicted octanol–water partition coefficient (Wildman–Crippen LogP) is 2.96. The smallest absolute Gasteiger partial charge is 0.251 e. The second kappa shape index (κ2) is 7.17. The van der Waals surface area contributed by atoms with Gasteiger partial charge in [0.15, 0.2) is 0 Å². The van der Waals surface area contributed by atoms with Gasteiger partial charge < -0.3 is 14.5 Å². The average Bonchev–Trinajstić information content (AvgIpc) is 3.25. The molecule has 3 rings (SSSR count). The Morgan fingerprint density at radius 2 is 2.00 bits per heavy atom.